The lowest BCUT2D eigenvalue weighted by Crippen LogP contribution is -2.32. The molecule has 0 atom stereocenters. The van der Waals surface area contributed by atoms with Crippen molar-refractivity contribution in [1.29, 1.82) is 0 Å². The summed E-state index contributed by atoms with van der Waals surface area (Å²) in [6, 6.07) is 15.2. The van der Waals surface area contributed by atoms with Crippen LogP contribution in [0, 0.1) is 0 Å². The summed E-state index contributed by atoms with van der Waals surface area (Å²) in [5.41, 5.74) is 7.35. The third kappa shape index (κ3) is 3.54. The molecule has 0 radical (unpaired) electrons. The van der Waals surface area contributed by atoms with Crippen molar-refractivity contribution in [2.45, 2.75) is 12.5 Å². The second-order valence-electron chi connectivity index (χ2n) is 4.94. The first-order chi connectivity index (χ1) is 9.49. The maximum atomic E-state index is 14.1. The molecule has 0 aromatic heterocycles. The van der Waals surface area contributed by atoms with Gasteiger partial charge >= 0.3 is 0 Å². The van der Waals surface area contributed by atoms with Crippen molar-refractivity contribution in [3.05, 3.63) is 65.7 Å². The van der Waals surface area contributed by atoms with Crippen LogP contribution in [0.15, 0.2) is 54.6 Å². The Kier molecular flexibility index (Phi) is 4.35. The van der Waals surface area contributed by atoms with Gasteiger partial charge in [0.2, 0.25) is 0 Å². The number of nitrogen functional groups attached to an aromatic ring is 1. The van der Waals surface area contributed by atoms with E-state index < -0.39 is 5.92 Å². The fraction of sp³-hybridized carbons (Fsp3) is 0.250. The van der Waals surface area contributed by atoms with Crippen LogP contribution in [-0.4, -0.2) is 18.5 Å². The van der Waals surface area contributed by atoms with Crippen LogP contribution in [0.25, 0.3) is 0 Å². The molecule has 0 saturated heterocycles. The lowest BCUT2D eigenvalue weighted by molar-refractivity contribution is -0.0337. The Balaban J connectivity index is 2.04. The normalized spacial score (nSPS) is 11.8. The van der Waals surface area contributed by atoms with Crippen LogP contribution in [0.3, 0.4) is 0 Å². The van der Waals surface area contributed by atoms with E-state index in [4.69, 9.17) is 5.73 Å². The van der Waals surface area contributed by atoms with E-state index >= 15 is 0 Å². The average Bonchev–Trinajstić information content (AvgIpc) is 2.42. The molecule has 2 aromatic rings. The highest BCUT2D eigenvalue weighted by Crippen LogP contribution is 2.29. The SMILES string of the molecule is CN(Cc1ccccc1N)CC(F)(F)c1ccccc1. The third-order valence-electron chi connectivity index (χ3n) is 3.16. The first kappa shape index (κ1) is 14.5. The molecule has 0 fully saturated rings. The number of hydrogen-bond donors (Lipinski definition) is 1. The van der Waals surface area contributed by atoms with Gasteiger partial charge in [0.1, 0.15) is 0 Å². The highest BCUT2D eigenvalue weighted by Gasteiger charge is 2.32. The molecule has 2 N–H and O–H groups in total. The summed E-state index contributed by atoms with van der Waals surface area (Å²) in [7, 11) is 1.67. The first-order valence-electron chi connectivity index (χ1n) is 6.44. The van der Waals surface area contributed by atoms with E-state index in [1.807, 2.05) is 18.2 Å². The monoisotopic (exact) mass is 276 g/mol. The van der Waals surface area contributed by atoms with Crippen LogP contribution in [0.4, 0.5) is 14.5 Å². The fourth-order valence-electron chi connectivity index (χ4n) is 2.14. The topological polar surface area (TPSA) is 29.3 Å². The highest BCUT2D eigenvalue weighted by molar-refractivity contribution is 5.46. The van der Waals surface area contributed by atoms with Crippen molar-refractivity contribution >= 4 is 5.69 Å². The van der Waals surface area contributed by atoms with Gasteiger partial charge in [-0.05, 0) is 18.7 Å². The molecule has 0 aliphatic rings. The molecule has 0 saturated carbocycles. The van der Waals surface area contributed by atoms with Gasteiger partial charge in [0.25, 0.3) is 5.92 Å². The number of nitrogens with two attached hydrogens (primary N) is 1. The number of hydrogen-bond acceptors (Lipinski definition) is 2. The van der Waals surface area contributed by atoms with Crippen LogP contribution in [0.5, 0.6) is 0 Å². The number of para-hydroxylation sites is 1. The molecule has 2 aromatic carbocycles. The standard InChI is InChI=1S/C16H18F2N2/c1-20(11-13-7-5-6-10-15(13)19)12-16(17,18)14-8-3-2-4-9-14/h2-10H,11-12,19H2,1H3. The Morgan fingerprint density at radius 2 is 1.60 bits per heavy atom. The van der Waals surface area contributed by atoms with E-state index in [2.05, 4.69) is 0 Å². The predicted octanol–water partition coefficient (Wildman–Crippen LogP) is 3.49. The van der Waals surface area contributed by atoms with Gasteiger partial charge in [-0.2, -0.15) is 8.78 Å². The Morgan fingerprint density at radius 3 is 2.25 bits per heavy atom. The second kappa shape index (κ2) is 6.01. The molecule has 20 heavy (non-hydrogen) atoms. The summed E-state index contributed by atoms with van der Waals surface area (Å²) in [6.07, 6.45) is 0. The number of likely N-dealkylation sites (N-methyl/N-ethyl adjacent to an activating group) is 1. The second-order valence-corrected chi connectivity index (χ2v) is 4.94. The van der Waals surface area contributed by atoms with Gasteiger partial charge < -0.3 is 5.73 Å². The largest absolute Gasteiger partial charge is 0.398 e. The van der Waals surface area contributed by atoms with E-state index in [1.165, 1.54) is 12.1 Å². The van der Waals surface area contributed by atoms with Gasteiger partial charge in [0.05, 0.1) is 6.54 Å². The Labute approximate surface area is 117 Å². The average molecular weight is 276 g/mol. The minimum Gasteiger partial charge on any atom is -0.398 e. The van der Waals surface area contributed by atoms with E-state index in [1.54, 1.807) is 36.2 Å². The van der Waals surface area contributed by atoms with Gasteiger partial charge in [-0.3, -0.25) is 4.90 Å². The molecule has 0 bridgehead atoms. The zero-order valence-electron chi connectivity index (χ0n) is 11.4. The number of benzene rings is 2. The molecular formula is C16H18F2N2. The summed E-state index contributed by atoms with van der Waals surface area (Å²) in [6.45, 7) is 0.0560. The summed E-state index contributed by atoms with van der Waals surface area (Å²) in [5.74, 6) is -2.88. The zero-order chi connectivity index (χ0) is 14.6. The summed E-state index contributed by atoms with van der Waals surface area (Å²) in [5, 5.41) is 0. The number of anilines is 1. The van der Waals surface area contributed by atoms with E-state index in [9.17, 15) is 8.78 Å². The molecule has 0 aliphatic heterocycles. The number of alkyl halides is 2. The van der Waals surface area contributed by atoms with Crippen molar-refractivity contribution in [2.75, 3.05) is 19.3 Å². The predicted molar refractivity (Wildman–Crippen MR) is 77.5 cm³/mol. The zero-order valence-corrected chi connectivity index (χ0v) is 11.4. The summed E-state index contributed by atoms with van der Waals surface area (Å²) in [4.78, 5) is 1.58. The molecule has 0 unspecified atom stereocenters. The fourth-order valence-corrected chi connectivity index (χ4v) is 2.14. The molecule has 0 heterocycles. The summed E-state index contributed by atoms with van der Waals surface area (Å²) < 4.78 is 28.3. The smallest absolute Gasteiger partial charge is 0.285 e. The Bertz CT molecular complexity index is 555. The first-order valence-corrected chi connectivity index (χ1v) is 6.44. The van der Waals surface area contributed by atoms with Crippen molar-refractivity contribution in [1.82, 2.24) is 4.90 Å². The third-order valence-corrected chi connectivity index (χ3v) is 3.16. The number of nitrogens with zero attached hydrogens (tertiary/aromatic N) is 1. The van der Waals surface area contributed by atoms with Gasteiger partial charge in [-0.15, -0.1) is 0 Å². The van der Waals surface area contributed by atoms with Crippen molar-refractivity contribution < 1.29 is 8.78 Å². The van der Waals surface area contributed by atoms with E-state index in [-0.39, 0.29) is 12.1 Å². The molecule has 2 rings (SSSR count). The minimum atomic E-state index is -2.88. The molecule has 0 amide bonds. The van der Waals surface area contributed by atoms with Crippen molar-refractivity contribution in [2.24, 2.45) is 0 Å². The molecule has 4 heteroatoms. The van der Waals surface area contributed by atoms with Gasteiger partial charge in [0, 0.05) is 17.8 Å². The maximum Gasteiger partial charge on any atom is 0.285 e. The van der Waals surface area contributed by atoms with Crippen molar-refractivity contribution in [3.8, 4) is 0 Å². The molecular weight excluding hydrogens is 258 g/mol. The number of rotatable bonds is 5. The quantitative estimate of drug-likeness (QED) is 0.847. The van der Waals surface area contributed by atoms with Gasteiger partial charge in [-0.25, -0.2) is 0 Å². The Morgan fingerprint density at radius 1 is 1.00 bits per heavy atom. The Hall–Kier alpha value is -1.94. The molecule has 0 spiro atoms. The van der Waals surface area contributed by atoms with E-state index in [0.717, 1.165) is 5.56 Å². The highest BCUT2D eigenvalue weighted by atomic mass is 19.3. The molecule has 106 valence electrons. The lowest BCUT2D eigenvalue weighted by Gasteiger charge is -2.24. The van der Waals surface area contributed by atoms with Crippen LogP contribution >= 0.6 is 0 Å². The van der Waals surface area contributed by atoms with Crippen LogP contribution in [0.2, 0.25) is 0 Å². The van der Waals surface area contributed by atoms with Gasteiger partial charge in [-0.1, -0.05) is 48.5 Å². The summed E-state index contributed by atoms with van der Waals surface area (Å²) >= 11 is 0. The molecule has 2 nitrogen and oxygen atoms in total. The molecule has 0 aliphatic carbocycles. The van der Waals surface area contributed by atoms with Gasteiger partial charge in [0.15, 0.2) is 0 Å². The van der Waals surface area contributed by atoms with Crippen LogP contribution in [0.1, 0.15) is 11.1 Å². The van der Waals surface area contributed by atoms with Crippen LogP contribution in [-0.2, 0) is 12.5 Å². The van der Waals surface area contributed by atoms with E-state index in [0.29, 0.717) is 12.2 Å². The maximum absolute atomic E-state index is 14.1. The lowest BCUT2D eigenvalue weighted by atomic mass is 10.1. The van der Waals surface area contributed by atoms with Crippen LogP contribution < -0.4 is 5.73 Å². The van der Waals surface area contributed by atoms with Crippen molar-refractivity contribution in [3.63, 3.8) is 0 Å². The minimum absolute atomic E-state index is 0.0351. The number of halogens is 2.